The summed E-state index contributed by atoms with van der Waals surface area (Å²) in [6.45, 7) is 0. The summed E-state index contributed by atoms with van der Waals surface area (Å²) in [5.41, 5.74) is 8.01. The van der Waals surface area contributed by atoms with Crippen molar-refractivity contribution in [1.29, 1.82) is 0 Å². The van der Waals surface area contributed by atoms with E-state index in [0.717, 1.165) is 33.1 Å². The van der Waals surface area contributed by atoms with Crippen LogP contribution in [0.5, 0.6) is 0 Å². The Labute approximate surface area is 291 Å². The largest absolute Gasteiger partial charge is 0.310 e. The summed E-state index contributed by atoms with van der Waals surface area (Å²) in [6.07, 6.45) is 0. The summed E-state index contributed by atoms with van der Waals surface area (Å²) in [7, 11) is 0. The van der Waals surface area contributed by atoms with Crippen LogP contribution in [0.3, 0.4) is 0 Å². The molecule has 0 bridgehead atoms. The van der Waals surface area contributed by atoms with Gasteiger partial charge in [-0.05, 0) is 87.3 Å². The van der Waals surface area contributed by atoms with Crippen molar-refractivity contribution in [3.8, 4) is 21.7 Å². The third-order valence-corrected chi connectivity index (χ3v) is 11.7. The number of hydrogen-bond donors (Lipinski definition) is 0. The predicted molar refractivity (Wildman–Crippen MR) is 213 cm³/mol. The predicted octanol–water partition coefficient (Wildman–Crippen LogP) is 13.8. The maximum absolute atomic E-state index is 5.07. The lowest BCUT2D eigenvalue weighted by molar-refractivity contribution is 1.30. The summed E-state index contributed by atoms with van der Waals surface area (Å²) < 4.78 is 3.82. The highest BCUT2D eigenvalue weighted by Gasteiger charge is 2.18. The van der Waals surface area contributed by atoms with Crippen molar-refractivity contribution in [3.63, 3.8) is 0 Å². The lowest BCUT2D eigenvalue weighted by Crippen LogP contribution is -2.09. The Morgan fingerprint density at radius 2 is 1.04 bits per heavy atom. The number of aromatic nitrogens is 1. The molecule has 0 saturated carbocycles. The van der Waals surface area contributed by atoms with Gasteiger partial charge in [0.15, 0.2) is 0 Å². The highest BCUT2D eigenvalue weighted by atomic mass is 32.1. The molecule has 10 aromatic rings. The quantitative estimate of drug-likeness (QED) is 0.171. The van der Waals surface area contributed by atoms with E-state index in [-0.39, 0.29) is 0 Å². The van der Waals surface area contributed by atoms with E-state index in [1.807, 2.05) is 11.3 Å². The molecule has 0 fully saturated rings. The van der Waals surface area contributed by atoms with Gasteiger partial charge in [-0.25, -0.2) is 4.98 Å². The molecule has 2 heterocycles. The zero-order valence-corrected chi connectivity index (χ0v) is 28.0. The second-order valence-corrected chi connectivity index (χ2v) is 14.5. The average Bonchev–Trinajstić information content (AvgIpc) is 3.77. The first-order chi connectivity index (χ1) is 24.3. The van der Waals surface area contributed by atoms with Crippen molar-refractivity contribution >= 4 is 91.7 Å². The molecule has 0 unspecified atom stereocenters. The molecule has 230 valence electrons. The molecule has 0 saturated heterocycles. The van der Waals surface area contributed by atoms with E-state index in [0.29, 0.717) is 0 Å². The summed E-state index contributed by atoms with van der Waals surface area (Å²) in [6, 6.07) is 61.4. The molecule has 0 radical (unpaired) electrons. The van der Waals surface area contributed by atoms with Gasteiger partial charge in [0.1, 0.15) is 5.01 Å². The zero-order valence-electron chi connectivity index (χ0n) is 26.4. The standard InChI is InChI=1S/C45H28N2S2/c1-3-9-29(10-4-1)30-17-19-34(20-18-30)47(35-21-23-38-33(27-35)16-15-31-11-7-8-14-37(31)38)36-22-25-41-39(28-36)43-42(48-41)26-24-40-44(43)49-45(46-40)32-12-5-2-6-13-32/h1-28H. The van der Waals surface area contributed by atoms with E-state index in [9.17, 15) is 0 Å². The number of anilines is 3. The van der Waals surface area contributed by atoms with Gasteiger partial charge in [-0.2, -0.15) is 0 Å². The fraction of sp³-hybridized carbons (Fsp3) is 0. The second kappa shape index (κ2) is 11.4. The highest BCUT2D eigenvalue weighted by molar-refractivity contribution is 7.28. The molecule has 0 aliphatic rings. The fourth-order valence-electron chi connectivity index (χ4n) is 7.10. The Balaban J connectivity index is 1.17. The number of nitrogens with zero attached hydrogens (tertiary/aromatic N) is 2. The van der Waals surface area contributed by atoms with Crippen LogP contribution in [0.15, 0.2) is 170 Å². The number of fused-ring (bicyclic) bond motifs is 8. The van der Waals surface area contributed by atoms with Crippen molar-refractivity contribution in [1.82, 2.24) is 4.98 Å². The molecular formula is C45H28N2S2. The van der Waals surface area contributed by atoms with Gasteiger partial charge in [0.2, 0.25) is 0 Å². The van der Waals surface area contributed by atoms with E-state index in [1.165, 1.54) is 57.5 Å². The van der Waals surface area contributed by atoms with Crippen LogP contribution in [0.25, 0.3) is 73.6 Å². The molecule has 49 heavy (non-hydrogen) atoms. The third-order valence-electron chi connectivity index (χ3n) is 9.47. The molecule has 8 aromatic carbocycles. The summed E-state index contributed by atoms with van der Waals surface area (Å²) in [5.74, 6) is 0. The molecule has 2 aromatic heterocycles. The van der Waals surface area contributed by atoms with E-state index in [1.54, 1.807) is 11.3 Å². The van der Waals surface area contributed by atoms with Gasteiger partial charge in [-0.1, -0.05) is 115 Å². The van der Waals surface area contributed by atoms with Crippen molar-refractivity contribution < 1.29 is 0 Å². The Hall–Kier alpha value is -5.81. The highest BCUT2D eigenvalue weighted by Crippen LogP contribution is 2.45. The summed E-state index contributed by atoms with van der Waals surface area (Å²) in [5, 5.41) is 8.65. The molecule has 2 nitrogen and oxygen atoms in total. The van der Waals surface area contributed by atoms with Crippen molar-refractivity contribution in [2.45, 2.75) is 0 Å². The topological polar surface area (TPSA) is 16.1 Å². The fourth-order valence-corrected chi connectivity index (χ4v) is 9.39. The minimum atomic E-state index is 1.05. The van der Waals surface area contributed by atoms with Crippen LogP contribution >= 0.6 is 22.7 Å². The third kappa shape index (κ3) is 4.80. The first kappa shape index (κ1) is 28.2. The molecular weight excluding hydrogens is 633 g/mol. The lowest BCUT2D eigenvalue weighted by atomic mass is 10.0. The maximum atomic E-state index is 5.07. The van der Waals surface area contributed by atoms with E-state index in [4.69, 9.17) is 4.98 Å². The van der Waals surface area contributed by atoms with Crippen LogP contribution in [0.1, 0.15) is 0 Å². The van der Waals surface area contributed by atoms with Crippen LogP contribution in [-0.4, -0.2) is 4.98 Å². The summed E-state index contributed by atoms with van der Waals surface area (Å²) >= 11 is 3.65. The lowest BCUT2D eigenvalue weighted by Gasteiger charge is -2.26. The minimum absolute atomic E-state index is 1.05. The smallest absolute Gasteiger partial charge is 0.124 e. The van der Waals surface area contributed by atoms with E-state index >= 15 is 0 Å². The molecule has 10 rings (SSSR count). The molecule has 0 aliphatic heterocycles. The maximum Gasteiger partial charge on any atom is 0.124 e. The SMILES string of the molecule is c1ccc(-c2ccc(N(c3ccc4c(ccc5ccccc54)c3)c3ccc4sc5ccc6nc(-c7ccccc7)sc6c5c4c3)cc2)cc1. The van der Waals surface area contributed by atoms with Gasteiger partial charge in [0, 0.05) is 42.8 Å². The monoisotopic (exact) mass is 660 g/mol. The zero-order chi connectivity index (χ0) is 32.3. The molecule has 0 atom stereocenters. The second-order valence-electron chi connectivity index (χ2n) is 12.4. The van der Waals surface area contributed by atoms with Gasteiger partial charge >= 0.3 is 0 Å². The van der Waals surface area contributed by atoms with E-state index < -0.39 is 0 Å². The Kier molecular flexibility index (Phi) is 6.57. The molecule has 0 spiro atoms. The van der Waals surface area contributed by atoms with Crippen LogP contribution in [0.4, 0.5) is 17.1 Å². The van der Waals surface area contributed by atoms with Crippen molar-refractivity contribution in [2.75, 3.05) is 4.90 Å². The first-order valence-corrected chi connectivity index (χ1v) is 18.1. The molecule has 4 heteroatoms. The number of hydrogen-bond acceptors (Lipinski definition) is 4. The number of rotatable bonds is 5. The number of thiophene rings is 1. The van der Waals surface area contributed by atoms with Crippen molar-refractivity contribution in [2.24, 2.45) is 0 Å². The van der Waals surface area contributed by atoms with Gasteiger partial charge in [0.25, 0.3) is 0 Å². The van der Waals surface area contributed by atoms with Crippen molar-refractivity contribution in [3.05, 3.63) is 170 Å². The Morgan fingerprint density at radius 3 is 1.88 bits per heavy atom. The Morgan fingerprint density at radius 1 is 0.408 bits per heavy atom. The normalized spacial score (nSPS) is 11.7. The number of benzene rings is 8. The van der Waals surface area contributed by atoms with Crippen LogP contribution in [0.2, 0.25) is 0 Å². The summed E-state index contributed by atoms with van der Waals surface area (Å²) in [4.78, 5) is 7.47. The van der Waals surface area contributed by atoms with E-state index in [2.05, 4.69) is 175 Å². The molecule has 0 amide bonds. The average molecular weight is 661 g/mol. The molecule has 0 aliphatic carbocycles. The van der Waals surface area contributed by atoms with Gasteiger partial charge < -0.3 is 4.90 Å². The number of thiazole rings is 1. The van der Waals surface area contributed by atoms with Crippen LogP contribution < -0.4 is 4.90 Å². The van der Waals surface area contributed by atoms with Crippen LogP contribution in [0, 0.1) is 0 Å². The van der Waals surface area contributed by atoms with Gasteiger partial charge in [0.05, 0.1) is 10.2 Å². The van der Waals surface area contributed by atoms with Gasteiger partial charge in [-0.15, -0.1) is 22.7 Å². The first-order valence-electron chi connectivity index (χ1n) is 16.5. The van der Waals surface area contributed by atoms with Crippen LogP contribution in [-0.2, 0) is 0 Å². The molecule has 0 N–H and O–H groups in total. The Bertz CT molecular complexity index is 2820. The van der Waals surface area contributed by atoms with Gasteiger partial charge in [-0.3, -0.25) is 0 Å². The minimum Gasteiger partial charge on any atom is -0.310 e.